The third-order valence-corrected chi connectivity index (χ3v) is 29.7. The smallest absolute Gasteiger partial charge is 0.0481 e. The van der Waals surface area contributed by atoms with E-state index in [0.717, 1.165) is 12.8 Å². The molecule has 0 aliphatic carbocycles. The molecule has 0 bridgehead atoms. The van der Waals surface area contributed by atoms with Gasteiger partial charge in [-0.15, -0.1) is 90.7 Å². The van der Waals surface area contributed by atoms with Crippen LogP contribution in [0.3, 0.4) is 0 Å². The van der Waals surface area contributed by atoms with Crippen LogP contribution in [0.1, 0.15) is 267 Å². The Balaban J connectivity index is 0.744. The molecule has 0 nitrogen and oxygen atoms in total. The molecule has 0 N–H and O–H groups in total. The summed E-state index contributed by atoms with van der Waals surface area (Å²) in [4.78, 5) is 19.9. The quantitative estimate of drug-likeness (QED) is 0.0263. The molecule has 8 heterocycles. The molecule has 3 aromatic carbocycles. The highest BCUT2D eigenvalue weighted by Crippen LogP contribution is 2.49. The Bertz CT molecular complexity index is 4090. The molecule has 0 radical (unpaired) electrons. The van der Waals surface area contributed by atoms with Gasteiger partial charge >= 0.3 is 0 Å². The second-order valence-electron chi connectivity index (χ2n) is 27.8. The number of benzene rings is 3. The molecule has 0 aliphatic heterocycles. The van der Waals surface area contributed by atoms with Crippen LogP contribution in [0, 0.1) is 0 Å². The van der Waals surface area contributed by atoms with Crippen molar-refractivity contribution in [3.8, 4) is 79.4 Å². The monoisotopic (exact) mass is 1450 g/mol. The second-order valence-corrected chi connectivity index (χ2v) is 36.1. The minimum absolute atomic E-state index is 1.14. The third kappa shape index (κ3) is 21.9. The van der Waals surface area contributed by atoms with Crippen molar-refractivity contribution < 1.29 is 0 Å². The van der Waals surface area contributed by atoms with Gasteiger partial charge in [0.1, 0.15) is 0 Å². The second kappa shape index (κ2) is 40.8. The van der Waals surface area contributed by atoms with Crippen LogP contribution in [0.15, 0.2) is 144 Å². The molecule has 0 atom stereocenters. The standard InChI is InChI=1S/C90H110S8/c1-5-9-13-17-21-25-29-33-37-70-59-61-91-87(70)81-55-51-77(93-81)79-53-57-83(95-79)89-75(39-35-31-27-23-19-15-11-7-3)65-85(97-89)69-46-43-67(44-47-69)41-42-68-45-48-73-64-74(50-49-72(73)63-68)86-66-76(40-36-32-28-24-20-16-12-8-4)90(98-86)84-58-54-80(96-84)78-52-56-82(94-78)88-71(60-62-92-88)38-34-30-26-22-18-14-10-6-2/h41-66H,5-40H2,1-4H3. The van der Waals surface area contributed by atoms with Gasteiger partial charge in [0.25, 0.3) is 0 Å². The van der Waals surface area contributed by atoms with E-state index in [2.05, 4.69) is 184 Å². The summed E-state index contributed by atoms with van der Waals surface area (Å²) in [5.41, 5.74) is 11.2. The van der Waals surface area contributed by atoms with Gasteiger partial charge in [0.15, 0.2) is 0 Å². The van der Waals surface area contributed by atoms with Crippen LogP contribution in [0.4, 0.5) is 0 Å². The van der Waals surface area contributed by atoms with Crippen LogP contribution in [-0.2, 0) is 25.7 Å². The molecule has 0 unspecified atom stereocenters. The van der Waals surface area contributed by atoms with Gasteiger partial charge in [-0.2, -0.15) is 0 Å². The lowest BCUT2D eigenvalue weighted by atomic mass is 10.0. The fraction of sp³-hybridized carbons (Fsp3) is 0.444. The number of aryl methyl sites for hydroxylation is 4. The summed E-state index contributed by atoms with van der Waals surface area (Å²) in [6.45, 7) is 9.25. The third-order valence-electron chi connectivity index (χ3n) is 19.9. The van der Waals surface area contributed by atoms with Crippen molar-refractivity contribution >= 4 is 114 Å². The average Bonchev–Trinajstić information content (AvgIpc) is 1.60. The maximum Gasteiger partial charge on any atom is 0.0481 e. The van der Waals surface area contributed by atoms with E-state index >= 15 is 0 Å². The Morgan fingerprint density at radius 3 is 0.939 bits per heavy atom. The average molecular weight is 1450 g/mol. The lowest BCUT2D eigenvalue weighted by molar-refractivity contribution is 0.576. The summed E-state index contributed by atoms with van der Waals surface area (Å²) in [6.07, 6.45) is 52.7. The van der Waals surface area contributed by atoms with Crippen molar-refractivity contribution in [1.29, 1.82) is 0 Å². The molecule has 0 aliphatic rings. The molecular weight excluding hydrogens is 1340 g/mol. The van der Waals surface area contributed by atoms with E-state index in [1.165, 1.54) is 331 Å². The number of thiophene rings is 8. The van der Waals surface area contributed by atoms with Gasteiger partial charge < -0.3 is 0 Å². The van der Waals surface area contributed by atoms with Gasteiger partial charge in [-0.05, 0) is 202 Å². The summed E-state index contributed by atoms with van der Waals surface area (Å²) in [5, 5.41) is 7.21. The lowest BCUT2D eigenvalue weighted by Crippen LogP contribution is -1.86. The normalized spacial score (nSPS) is 11.9. The summed E-state index contributed by atoms with van der Waals surface area (Å²) >= 11 is 15.8. The van der Waals surface area contributed by atoms with Gasteiger partial charge in [-0.3, -0.25) is 0 Å². The highest BCUT2D eigenvalue weighted by atomic mass is 32.1. The Hall–Kier alpha value is -4.74. The maximum absolute atomic E-state index is 2.55. The minimum Gasteiger partial charge on any atom is -0.143 e. The van der Waals surface area contributed by atoms with Crippen molar-refractivity contribution in [2.75, 3.05) is 0 Å². The molecule has 98 heavy (non-hydrogen) atoms. The zero-order chi connectivity index (χ0) is 67.4. The zero-order valence-electron chi connectivity index (χ0n) is 59.7. The van der Waals surface area contributed by atoms with E-state index in [0.29, 0.717) is 0 Å². The molecule has 0 saturated heterocycles. The molecule has 518 valence electrons. The van der Waals surface area contributed by atoms with E-state index in [-0.39, 0.29) is 0 Å². The summed E-state index contributed by atoms with van der Waals surface area (Å²) in [7, 11) is 0. The van der Waals surface area contributed by atoms with Crippen molar-refractivity contribution in [1.82, 2.24) is 0 Å². The van der Waals surface area contributed by atoms with Gasteiger partial charge in [-0.1, -0.05) is 268 Å². The first-order valence-electron chi connectivity index (χ1n) is 38.6. The molecule has 8 heteroatoms. The molecule has 0 spiro atoms. The first-order chi connectivity index (χ1) is 48.4. The fourth-order valence-electron chi connectivity index (χ4n) is 14.1. The molecule has 8 aromatic heterocycles. The van der Waals surface area contributed by atoms with Crippen LogP contribution in [0.2, 0.25) is 0 Å². The van der Waals surface area contributed by atoms with Crippen LogP contribution < -0.4 is 0 Å². The highest BCUT2D eigenvalue weighted by Gasteiger charge is 2.20. The van der Waals surface area contributed by atoms with Crippen molar-refractivity contribution in [3.63, 3.8) is 0 Å². The molecule has 0 amide bonds. The van der Waals surface area contributed by atoms with E-state index in [1.54, 1.807) is 11.1 Å². The first kappa shape index (κ1) is 74.4. The molecule has 0 fully saturated rings. The van der Waals surface area contributed by atoms with E-state index in [1.807, 2.05) is 90.7 Å². The molecule has 11 aromatic rings. The largest absolute Gasteiger partial charge is 0.143 e. The van der Waals surface area contributed by atoms with Gasteiger partial charge in [0, 0.05) is 68.3 Å². The van der Waals surface area contributed by atoms with Crippen LogP contribution in [0.5, 0.6) is 0 Å². The Labute approximate surface area is 623 Å². The maximum atomic E-state index is 2.55. The predicted octanol–water partition coefficient (Wildman–Crippen LogP) is 33.6. The van der Waals surface area contributed by atoms with Crippen LogP contribution in [-0.4, -0.2) is 0 Å². The van der Waals surface area contributed by atoms with Crippen LogP contribution in [0.25, 0.3) is 102 Å². The van der Waals surface area contributed by atoms with Crippen molar-refractivity contribution in [2.45, 2.75) is 259 Å². The van der Waals surface area contributed by atoms with Crippen LogP contribution >= 0.6 is 90.7 Å². The zero-order valence-corrected chi connectivity index (χ0v) is 66.3. The SMILES string of the molecule is CCCCCCCCCCc1ccsc1-c1ccc(-c2ccc(-c3sc(-c4ccc(C=Cc5ccc6cc(-c7cc(CCCCCCCCCC)c(-c8ccc(-c9ccc(-c%10sccc%10CCCCCCCCCC)s9)s8)s7)ccc6c5)cc4)cc3CCCCCCCCCC)s2)s1. The van der Waals surface area contributed by atoms with Crippen molar-refractivity contribution in [2.24, 2.45) is 0 Å². The molecular formula is C90H110S8. The highest BCUT2D eigenvalue weighted by molar-refractivity contribution is 7.30. The summed E-state index contributed by atoms with van der Waals surface area (Å²) < 4.78 is 0. The van der Waals surface area contributed by atoms with E-state index < -0.39 is 0 Å². The number of unbranched alkanes of at least 4 members (excludes halogenated alkanes) is 28. The number of rotatable bonds is 46. The predicted molar refractivity (Wildman–Crippen MR) is 451 cm³/mol. The van der Waals surface area contributed by atoms with Gasteiger partial charge in [-0.25, -0.2) is 0 Å². The Kier molecular flexibility index (Phi) is 31.0. The fourth-order valence-corrected chi connectivity index (χ4v) is 23.2. The molecule has 11 rings (SSSR count). The lowest BCUT2D eigenvalue weighted by Gasteiger charge is -2.04. The first-order valence-corrected chi connectivity index (χ1v) is 45.2. The Morgan fingerprint density at radius 2 is 0.531 bits per heavy atom. The van der Waals surface area contributed by atoms with E-state index in [9.17, 15) is 0 Å². The van der Waals surface area contributed by atoms with E-state index in [4.69, 9.17) is 0 Å². The number of fused-ring (bicyclic) bond motifs is 1. The van der Waals surface area contributed by atoms with Gasteiger partial charge in [0.2, 0.25) is 0 Å². The number of hydrogen-bond donors (Lipinski definition) is 0. The van der Waals surface area contributed by atoms with Gasteiger partial charge in [0.05, 0.1) is 0 Å². The summed E-state index contributed by atoms with van der Waals surface area (Å²) in [5.74, 6) is 0. The topological polar surface area (TPSA) is 0 Å². The molecule has 0 saturated carbocycles. The minimum atomic E-state index is 1.14. The summed E-state index contributed by atoms with van der Waals surface area (Å²) in [6, 6.07) is 52.5. The number of hydrogen-bond acceptors (Lipinski definition) is 8. The van der Waals surface area contributed by atoms with Crippen molar-refractivity contribution in [3.05, 3.63) is 178 Å². The Morgan fingerprint density at radius 1 is 0.224 bits per heavy atom.